The molecule has 9 rings (SSSR count). The molecule has 92 heavy (non-hydrogen) atoms. The van der Waals surface area contributed by atoms with Crippen molar-refractivity contribution in [2.75, 3.05) is 76.6 Å². The van der Waals surface area contributed by atoms with Crippen molar-refractivity contribution in [3.63, 3.8) is 0 Å². The number of carbonyl (C=O) groups is 3. The van der Waals surface area contributed by atoms with Crippen LogP contribution in [0.25, 0.3) is 54.1 Å². The van der Waals surface area contributed by atoms with E-state index in [-0.39, 0.29) is 66.9 Å². The van der Waals surface area contributed by atoms with Gasteiger partial charge in [-0.25, -0.2) is 23.7 Å². The number of aromatic nitrogens is 4. The van der Waals surface area contributed by atoms with Gasteiger partial charge >= 0.3 is 23.5 Å². The van der Waals surface area contributed by atoms with Crippen molar-refractivity contribution in [3.8, 4) is 34.6 Å². The third kappa shape index (κ3) is 18.4. The maximum atomic E-state index is 13.1. The van der Waals surface area contributed by atoms with E-state index in [0.29, 0.717) is 50.1 Å². The monoisotopic (exact) mass is 1330 g/mol. The predicted octanol–water partition coefficient (Wildman–Crippen LogP) is 6.67. The van der Waals surface area contributed by atoms with Gasteiger partial charge in [-0.15, -0.1) is 0 Å². The minimum absolute atomic E-state index is 0.0143. The number of amides is 2. The molecule has 1 saturated heterocycles. The van der Waals surface area contributed by atoms with Crippen LogP contribution in [-0.4, -0.2) is 136 Å². The van der Waals surface area contributed by atoms with Gasteiger partial charge in [0.1, 0.15) is 81.0 Å². The van der Waals surface area contributed by atoms with E-state index in [1.54, 1.807) is 18.2 Å². The number of ether oxygens (including phenoxy) is 6. The molecule has 4 unspecified atom stereocenters. The van der Waals surface area contributed by atoms with Gasteiger partial charge in [-0.1, -0.05) is 39.8 Å². The number of Topliss-reactive ketones (excluding diaryl/α,β-unsaturated/α-hetero) is 1. The molecule has 1 fully saturated rings. The average Bonchev–Trinajstić information content (AvgIpc) is 0.773. The number of rotatable bonds is 31. The Kier molecular flexibility index (Phi) is 23.0. The second-order valence-corrected chi connectivity index (χ2v) is 25.6. The summed E-state index contributed by atoms with van der Waals surface area (Å²) >= 11 is 0. The molecule has 33 nitrogen and oxygen atoms in total. The van der Waals surface area contributed by atoms with Gasteiger partial charge in [0.2, 0.25) is 17.1 Å². The number of phosphoric ester groups is 1. The molecule has 488 valence electrons. The largest absolute Gasteiger partial charge is 0.491 e. The molecular weight excluding hydrogens is 1270 g/mol. The molecule has 2 amide bonds. The average molecular weight is 1330 g/mol. The number of hydrogen-bond donors (Lipinski definition) is 7. The Labute approximate surface area is 525 Å². The molecule has 0 saturated carbocycles. The molecule has 6 heterocycles. The van der Waals surface area contributed by atoms with Crippen LogP contribution in [0.3, 0.4) is 0 Å². The lowest BCUT2D eigenvalue weighted by molar-refractivity contribution is -0.634. The Morgan fingerprint density at radius 3 is 2.61 bits per heavy atom. The Hall–Kier alpha value is -8.07. The summed E-state index contributed by atoms with van der Waals surface area (Å²) in [5, 5.41) is 13.8. The Morgan fingerprint density at radius 1 is 0.978 bits per heavy atom. The van der Waals surface area contributed by atoms with E-state index in [9.17, 15) is 43.4 Å². The number of hydrogen-bond acceptors (Lipinski definition) is 21. The third-order valence-electron chi connectivity index (χ3n) is 14.7. The van der Waals surface area contributed by atoms with Crippen LogP contribution in [0, 0.1) is 18.8 Å². The van der Waals surface area contributed by atoms with E-state index in [1.807, 2.05) is 0 Å². The number of benzene rings is 3. The summed E-state index contributed by atoms with van der Waals surface area (Å²) in [6.07, 6.45) is 2.12. The van der Waals surface area contributed by atoms with Gasteiger partial charge in [0.25, 0.3) is 5.91 Å². The molecule has 3 aliphatic rings. The highest BCUT2D eigenvalue weighted by Crippen LogP contribution is 2.66. The predicted molar refractivity (Wildman–Crippen MR) is 327 cm³/mol. The minimum Gasteiger partial charge on any atom is -0.491 e. The molecule has 6 atom stereocenters. The number of aryl methyl sites for hydroxylation is 3. The molecule has 3 aromatic heterocycles. The second-order valence-electron chi connectivity index (χ2n) is 21.2. The molecule has 8 N–H and O–H groups in total. The number of nitrogens with one attached hydrogen (secondary N) is 2. The van der Waals surface area contributed by atoms with Gasteiger partial charge in [0.15, 0.2) is 6.23 Å². The number of phosphoric acid groups is 3. The van der Waals surface area contributed by atoms with Gasteiger partial charge in [-0.3, -0.25) is 18.9 Å². The maximum Gasteiger partial charge on any atom is 0.490 e. The summed E-state index contributed by atoms with van der Waals surface area (Å²) in [5.41, 5.74) is 33.2. The van der Waals surface area contributed by atoms with Crippen molar-refractivity contribution in [1.29, 1.82) is 0 Å². The van der Waals surface area contributed by atoms with Crippen LogP contribution in [0.15, 0.2) is 83.4 Å². The molecule has 36 heteroatoms. The molecule has 0 radical (unpaired) electrons. The zero-order chi connectivity index (χ0) is 65.6. The first-order chi connectivity index (χ1) is 44.1. The van der Waals surface area contributed by atoms with Gasteiger partial charge in [-0.05, 0) is 85.6 Å². The van der Waals surface area contributed by atoms with Crippen molar-refractivity contribution < 1.29 is 93.8 Å². The van der Waals surface area contributed by atoms with Gasteiger partial charge < -0.3 is 73.8 Å². The van der Waals surface area contributed by atoms with Crippen LogP contribution >= 0.6 is 23.5 Å². The molecule has 6 aromatic rings. The number of ketones is 1. The number of fused-ring (bicyclic) bond motifs is 6. The standard InChI is InChI=1S/C56H65N14O19P3/c1-35-14-15-44-39(22-35)23-40-29-84-46-26-45-36(25-43(46)53(40)68(44)2)10-6-18-69(45)19-7-12-41(71)11-5-17-61-56(73)37-8-3-13-42(24-37)83-32-50(65-67-59)82-21-20-81-31-49(72)60-16-4-9-38-28-70(55-52(38)54(57)62-33-63-55)51-27-47(85-34-64-66-58)48(87-51)30-86-91(77,78)89-92(79,80)88-90(74,75)76/h3,8,13-15,22-26,28,33,47-48,50-51H,5-7,10-12,16-21,27,29-32,34H2,1-2H3,(H7-,57,60,61,62,63,72,73,74,75,76,77,78,79,80)/p+1/t47?,48-,50?,51-/m1/s1. The molecule has 3 aliphatic heterocycles. The lowest BCUT2D eigenvalue weighted by atomic mass is 9.93. The van der Waals surface area contributed by atoms with Crippen molar-refractivity contribution in [2.45, 2.75) is 83.1 Å². The van der Waals surface area contributed by atoms with Gasteiger partial charge in [0.05, 0.1) is 54.5 Å². The number of carbonyl (C=O) groups excluding carboxylic acids is 3. The smallest absolute Gasteiger partial charge is 0.490 e. The van der Waals surface area contributed by atoms with Gasteiger partial charge in [0, 0.05) is 83.7 Å². The topological polar surface area (TPSA) is 452 Å². The van der Waals surface area contributed by atoms with Gasteiger partial charge in [-0.2, -0.15) is 13.2 Å². The molecule has 0 bridgehead atoms. The van der Waals surface area contributed by atoms with Crippen molar-refractivity contribution in [2.24, 2.45) is 17.3 Å². The van der Waals surface area contributed by atoms with E-state index >= 15 is 0 Å². The van der Waals surface area contributed by atoms with Crippen LogP contribution in [0.4, 0.5) is 11.5 Å². The summed E-state index contributed by atoms with van der Waals surface area (Å²) in [4.78, 5) is 92.0. The zero-order valence-electron chi connectivity index (χ0n) is 49.7. The summed E-state index contributed by atoms with van der Waals surface area (Å²) in [6, 6.07) is 19.6. The van der Waals surface area contributed by atoms with E-state index in [1.165, 1.54) is 50.1 Å². The van der Waals surface area contributed by atoms with Crippen LogP contribution in [-0.2, 0) is 75.5 Å². The third-order valence-corrected chi connectivity index (χ3v) is 18.5. The van der Waals surface area contributed by atoms with Crippen LogP contribution in [0.1, 0.15) is 77.4 Å². The highest BCUT2D eigenvalue weighted by molar-refractivity contribution is 7.66. The minimum atomic E-state index is -5.82. The van der Waals surface area contributed by atoms with Crippen LogP contribution in [0.2, 0.25) is 0 Å². The first-order valence-corrected chi connectivity index (χ1v) is 33.3. The molecule has 0 spiro atoms. The molecule has 0 aliphatic carbocycles. The molecular formula is C56H66N14O19P3+. The van der Waals surface area contributed by atoms with Crippen molar-refractivity contribution in [1.82, 2.24) is 25.2 Å². The Morgan fingerprint density at radius 2 is 1.80 bits per heavy atom. The first kappa shape index (κ1) is 68.3. The fraction of sp³-hybridized carbons (Fsp3) is 0.429. The number of anilines is 2. The molecule has 3 aromatic carbocycles. The van der Waals surface area contributed by atoms with Crippen LogP contribution in [0.5, 0.6) is 11.5 Å². The van der Waals surface area contributed by atoms with E-state index in [4.69, 9.17) is 54.0 Å². The number of nitrogens with two attached hydrogens (primary N) is 1. The fourth-order valence-corrected chi connectivity index (χ4v) is 13.8. The SMILES string of the molecule is Cc1ccc2c(c1)cc1c([n+]2C)-c2cc3c(cc2OC1)N(CCCC(=O)CCCNC(=O)c1cccc(OCC(N=[N+]=[N-])OCCOCC(=O)NCC#Cc2cn([C@H]4CC(OCN=[N+]=[N-])[C@@H](COP(=O)(O)OP(=O)(O)OP(=O)(O)O)O4)c4ncnc(N)c24)c1)CCC3. The lowest BCUT2D eigenvalue weighted by Gasteiger charge is -2.33. The van der Waals surface area contributed by atoms with E-state index in [0.717, 1.165) is 49.3 Å². The lowest BCUT2D eigenvalue weighted by Crippen LogP contribution is -2.35. The number of pyridine rings is 1. The summed E-state index contributed by atoms with van der Waals surface area (Å²) in [5.74, 6) is 6.10. The number of nitrogens with zero attached hydrogens (tertiary/aromatic N) is 11. The number of azide groups is 2. The normalized spacial score (nSPS) is 17.5. The highest BCUT2D eigenvalue weighted by Gasteiger charge is 2.44. The fourth-order valence-electron chi connectivity index (χ4n) is 10.8. The summed E-state index contributed by atoms with van der Waals surface area (Å²) in [6.45, 7) is 2.16. The summed E-state index contributed by atoms with van der Waals surface area (Å²) in [7, 11) is -14.9. The first-order valence-electron chi connectivity index (χ1n) is 28.7. The van der Waals surface area contributed by atoms with E-state index < -0.39 is 74.0 Å². The summed E-state index contributed by atoms with van der Waals surface area (Å²) < 4.78 is 86.1. The second kappa shape index (κ2) is 31.0. The van der Waals surface area contributed by atoms with E-state index in [2.05, 4.69) is 121 Å². The number of nitrogen functional groups attached to an aromatic ring is 1. The van der Waals surface area contributed by atoms with Crippen molar-refractivity contribution in [3.05, 3.63) is 122 Å². The van der Waals surface area contributed by atoms with Crippen LogP contribution < -0.4 is 35.3 Å². The zero-order valence-corrected chi connectivity index (χ0v) is 52.4. The Bertz CT molecular complexity index is 4060. The maximum absolute atomic E-state index is 13.1. The highest BCUT2D eigenvalue weighted by atomic mass is 31.3. The Balaban J connectivity index is 0.665. The quantitative estimate of drug-likeness (QED) is 0.00454. The van der Waals surface area contributed by atoms with Crippen molar-refractivity contribution >= 4 is 74.5 Å².